The number of piperidine rings is 1. The molecule has 1 aliphatic rings. The molecule has 0 saturated carbocycles. The Bertz CT molecular complexity index is 420. The van der Waals surface area contributed by atoms with Gasteiger partial charge >= 0.3 is 6.09 Å². The number of likely N-dealkylation sites (tertiary alicyclic amines) is 1. The van der Waals surface area contributed by atoms with Crippen LogP contribution >= 0.6 is 0 Å². The van der Waals surface area contributed by atoms with Crippen LogP contribution in [-0.2, 0) is 4.74 Å². The van der Waals surface area contributed by atoms with Gasteiger partial charge in [0.15, 0.2) is 5.96 Å². The van der Waals surface area contributed by atoms with Crippen LogP contribution < -0.4 is 16.0 Å². The van der Waals surface area contributed by atoms with Gasteiger partial charge in [-0.15, -0.1) is 0 Å². The predicted molar refractivity (Wildman–Crippen MR) is 103 cm³/mol. The molecule has 0 aliphatic carbocycles. The van der Waals surface area contributed by atoms with E-state index in [-0.39, 0.29) is 6.09 Å². The number of likely N-dealkylation sites (N-methyl/N-ethyl adjacent to an activating group) is 1. The number of carbonyl (C=O) groups is 1. The molecule has 0 aromatic heterocycles. The average molecular weight is 356 g/mol. The van der Waals surface area contributed by atoms with E-state index in [0.29, 0.717) is 12.6 Å². The SMILES string of the molecule is CCN1CCCCC1CNC(=NC)NCCCNC(=O)OC(C)(C)C. The molecule has 7 nitrogen and oxygen atoms in total. The predicted octanol–water partition coefficient (Wildman–Crippen LogP) is 1.94. The summed E-state index contributed by atoms with van der Waals surface area (Å²) in [5.74, 6) is 0.818. The summed E-state index contributed by atoms with van der Waals surface area (Å²) < 4.78 is 5.20. The number of rotatable bonds is 7. The number of nitrogens with one attached hydrogen (secondary N) is 3. The Labute approximate surface area is 153 Å². The zero-order valence-corrected chi connectivity index (χ0v) is 16.7. The van der Waals surface area contributed by atoms with Crippen molar-refractivity contribution in [2.45, 2.75) is 65.0 Å². The summed E-state index contributed by atoms with van der Waals surface area (Å²) in [6.45, 7) is 12.3. The Morgan fingerprint density at radius 2 is 1.92 bits per heavy atom. The molecule has 0 aromatic carbocycles. The molecule has 1 atom stereocenters. The number of hydrogen-bond donors (Lipinski definition) is 3. The van der Waals surface area contributed by atoms with Gasteiger partial charge in [0.25, 0.3) is 0 Å². The van der Waals surface area contributed by atoms with Crippen molar-refractivity contribution in [2.75, 3.05) is 39.8 Å². The first-order valence-corrected chi connectivity index (χ1v) is 9.51. The molecule has 0 spiro atoms. The zero-order valence-electron chi connectivity index (χ0n) is 16.7. The Morgan fingerprint density at radius 3 is 2.56 bits per heavy atom. The van der Waals surface area contributed by atoms with Gasteiger partial charge in [-0.2, -0.15) is 0 Å². The number of amides is 1. The third kappa shape index (κ3) is 9.53. The van der Waals surface area contributed by atoms with Crippen LogP contribution in [0.1, 0.15) is 53.4 Å². The first kappa shape index (κ1) is 21.5. The topological polar surface area (TPSA) is 78.0 Å². The van der Waals surface area contributed by atoms with E-state index in [2.05, 4.69) is 32.8 Å². The minimum atomic E-state index is -0.459. The van der Waals surface area contributed by atoms with Gasteiger partial charge in [0, 0.05) is 32.7 Å². The molecule has 3 N–H and O–H groups in total. The molecule has 1 saturated heterocycles. The lowest BCUT2D eigenvalue weighted by Crippen LogP contribution is -2.49. The highest BCUT2D eigenvalue weighted by Gasteiger charge is 2.20. The summed E-state index contributed by atoms with van der Waals surface area (Å²) in [5, 5.41) is 9.47. The maximum atomic E-state index is 11.6. The minimum absolute atomic E-state index is 0.369. The van der Waals surface area contributed by atoms with E-state index < -0.39 is 5.60 Å². The van der Waals surface area contributed by atoms with Crippen molar-refractivity contribution in [1.29, 1.82) is 0 Å². The van der Waals surface area contributed by atoms with Gasteiger partial charge in [-0.05, 0) is 53.1 Å². The summed E-state index contributed by atoms with van der Waals surface area (Å²) in [6, 6.07) is 0.589. The normalized spacial score (nSPS) is 19.4. The summed E-state index contributed by atoms with van der Waals surface area (Å²) >= 11 is 0. The second-order valence-electron chi connectivity index (χ2n) is 7.44. The summed E-state index contributed by atoms with van der Waals surface area (Å²) in [7, 11) is 1.78. The molecule has 25 heavy (non-hydrogen) atoms. The van der Waals surface area contributed by atoms with Crippen LogP contribution in [0.5, 0.6) is 0 Å². The highest BCUT2D eigenvalue weighted by Crippen LogP contribution is 2.15. The standard InChI is InChI=1S/C18H37N5O2/c1-6-23-13-8-7-10-15(23)14-22-16(19-5)20-11-9-12-21-17(24)25-18(2,3)4/h15H,6-14H2,1-5H3,(H,21,24)(H2,19,20,22). The number of ether oxygens (including phenoxy) is 1. The van der Waals surface area contributed by atoms with Crippen LogP contribution in [0.2, 0.25) is 0 Å². The molecule has 1 fully saturated rings. The van der Waals surface area contributed by atoms with Crippen molar-refractivity contribution in [3.8, 4) is 0 Å². The van der Waals surface area contributed by atoms with Crippen molar-refractivity contribution in [1.82, 2.24) is 20.9 Å². The molecular formula is C18H37N5O2. The van der Waals surface area contributed by atoms with Crippen LogP contribution in [0.3, 0.4) is 0 Å². The lowest BCUT2D eigenvalue weighted by molar-refractivity contribution is 0.0527. The number of guanidine groups is 1. The van der Waals surface area contributed by atoms with E-state index >= 15 is 0 Å². The summed E-state index contributed by atoms with van der Waals surface area (Å²) in [4.78, 5) is 18.4. The summed E-state index contributed by atoms with van der Waals surface area (Å²) in [6.07, 6.45) is 4.31. The van der Waals surface area contributed by atoms with Crippen molar-refractivity contribution in [3.63, 3.8) is 0 Å². The van der Waals surface area contributed by atoms with Crippen molar-refractivity contribution >= 4 is 12.1 Å². The highest BCUT2D eigenvalue weighted by atomic mass is 16.6. The summed E-state index contributed by atoms with van der Waals surface area (Å²) in [5.41, 5.74) is -0.459. The molecule has 7 heteroatoms. The van der Waals surface area contributed by atoms with Crippen LogP contribution in [-0.4, -0.2) is 68.4 Å². The van der Waals surface area contributed by atoms with Gasteiger partial charge in [0.1, 0.15) is 5.60 Å². The number of carbonyl (C=O) groups excluding carboxylic acids is 1. The van der Waals surface area contributed by atoms with Crippen LogP contribution in [0.4, 0.5) is 4.79 Å². The largest absolute Gasteiger partial charge is 0.444 e. The second-order valence-corrected chi connectivity index (χ2v) is 7.44. The quantitative estimate of drug-likeness (QED) is 0.370. The lowest BCUT2D eigenvalue weighted by atomic mass is 10.0. The van der Waals surface area contributed by atoms with Gasteiger partial charge in [-0.3, -0.25) is 9.89 Å². The number of hydrogen-bond acceptors (Lipinski definition) is 4. The lowest BCUT2D eigenvalue weighted by Gasteiger charge is -2.35. The Hall–Kier alpha value is -1.50. The van der Waals surface area contributed by atoms with Crippen LogP contribution in [0.15, 0.2) is 4.99 Å². The van der Waals surface area contributed by atoms with Gasteiger partial charge in [0.2, 0.25) is 0 Å². The fourth-order valence-electron chi connectivity index (χ4n) is 2.94. The van der Waals surface area contributed by atoms with Gasteiger partial charge in [-0.25, -0.2) is 4.79 Å². The average Bonchev–Trinajstić information content (AvgIpc) is 2.56. The van der Waals surface area contributed by atoms with Crippen LogP contribution in [0, 0.1) is 0 Å². The van der Waals surface area contributed by atoms with Crippen molar-refractivity contribution in [2.24, 2.45) is 4.99 Å². The third-order valence-corrected chi connectivity index (χ3v) is 4.20. The maximum Gasteiger partial charge on any atom is 0.407 e. The van der Waals surface area contributed by atoms with Crippen molar-refractivity contribution < 1.29 is 9.53 Å². The number of nitrogens with zero attached hydrogens (tertiary/aromatic N) is 2. The molecule has 1 amide bonds. The Balaban J connectivity index is 2.17. The number of aliphatic imine (C=N–C) groups is 1. The Kier molecular flexibility index (Phi) is 9.63. The minimum Gasteiger partial charge on any atom is -0.444 e. The molecular weight excluding hydrogens is 318 g/mol. The molecule has 0 radical (unpaired) electrons. The van der Waals surface area contributed by atoms with Gasteiger partial charge < -0.3 is 20.7 Å². The second kappa shape index (κ2) is 11.2. The number of alkyl carbamates (subject to hydrolysis) is 1. The van der Waals surface area contributed by atoms with Gasteiger partial charge in [0.05, 0.1) is 0 Å². The highest BCUT2D eigenvalue weighted by molar-refractivity contribution is 5.79. The van der Waals surface area contributed by atoms with E-state index in [1.165, 1.54) is 25.8 Å². The van der Waals surface area contributed by atoms with E-state index in [1.807, 2.05) is 20.8 Å². The van der Waals surface area contributed by atoms with Crippen LogP contribution in [0.25, 0.3) is 0 Å². The first-order chi connectivity index (χ1) is 11.9. The fourth-order valence-corrected chi connectivity index (χ4v) is 2.94. The maximum absolute atomic E-state index is 11.6. The molecule has 146 valence electrons. The van der Waals surface area contributed by atoms with Gasteiger partial charge in [-0.1, -0.05) is 13.3 Å². The molecule has 1 rings (SSSR count). The molecule has 0 aromatic rings. The third-order valence-electron chi connectivity index (χ3n) is 4.20. The van der Waals surface area contributed by atoms with E-state index in [0.717, 1.165) is 32.0 Å². The fraction of sp³-hybridized carbons (Fsp3) is 0.889. The smallest absolute Gasteiger partial charge is 0.407 e. The molecule has 1 heterocycles. The van der Waals surface area contributed by atoms with E-state index in [4.69, 9.17) is 4.74 Å². The Morgan fingerprint density at radius 1 is 1.20 bits per heavy atom. The van der Waals surface area contributed by atoms with E-state index in [1.54, 1.807) is 7.05 Å². The van der Waals surface area contributed by atoms with Crippen molar-refractivity contribution in [3.05, 3.63) is 0 Å². The monoisotopic (exact) mass is 355 g/mol. The molecule has 1 aliphatic heterocycles. The molecule has 0 bridgehead atoms. The molecule has 1 unspecified atom stereocenters. The zero-order chi connectivity index (χ0) is 18.7. The first-order valence-electron chi connectivity index (χ1n) is 9.51. The van der Waals surface area contributed by atoms with E-state index in [9.17, 15) is 4.79 Å².